The van der Waals surface area contributed by atoms with E-state index >= 15 is 0 Å². The third-order valence-electron chi connectivity index (χ3n) is 2.63. The molecular formula is C13H25ClN2O2. The Morgan fingerprint density at radius 3 is 2.00 bits per heavy atom. The van der Waals surface area contributed by atoms with Crippen LogP contribution in [0.15, 0.2) is 0 Å². The quantitative estimate of drug-likeness (QED) is 0.189. The van der Waals surface area contributed by atoms with Crippen LogP contribution in [0.25, 0.3) is 0 Å². The fourth-order valence-electron chi connectivity index (χ4n) is 1.65. The van der Waals surface area contributed by atoms with Crippen molar-refractivity contribution in [2.24, 2.45) is 5.73 Å². The molecule has 3 N–H and O–H groups in total. The highest BCUT2D eigenvalue weighted by Gasteiger charge is 2.03. The van der Waals surface area contributed by atoms with Gasteiger partial charge in [-0.25, -0.2) is 0 Å². The summed E-state index contributed by atoms with van der Waals surface area (Å²) in [6.07, 6.45) is 9.19. The summed E-state index contributed by atoms with van der Waals surface area (Å²) < 4.78 is 4.94. The van der Waals surface area contributed by atoms with E-state index in [1.165, 1.54) is 32.1 Å². The van der Waals surface area contributed by atoms with Crippen LogP contribution in [0.3, 0.4) is 0 Å². The maximum atomic E-state index is 11.0. The molecule has 0 aliphatic heterocycles. The van der Waals surface area contributed by atoms with E-state index < -0.39 is 5.97 Å². The van der Waals surface area contributed by atoms with Crippen LogP contribution in [-0.4, -0.2) is 24.3 Å². The van der Waals surface area contributed by atoms with Crippen LogP contribution >= 0.6 is 11.6 Å². The first-order valence-corrected chi connectivity index (χ1v) is 7.24. The van der Waals surface area contributed by atoms with Gasteiger partial charge in [0.1, 0.15) is 12.3 Å². The standard InChI is InChI=1S/C13H25ClN2O2/c14-9-7-5-3-1-2-4-6-8-10-18-13(17)11-12(15)16/h1-11H2,(H3,15,16). The largest absolute Gasteiger partial charge is 0.465 e. The van der Waals surface area contributed by atoms with Gasteiger partial charge in [0.25, 0.3) is 0 Å². The molecule has 0 heterocycles. The molecule has 0 aromatic heterocycles. The fraction of sp³-hybridized carbons (Fsp3) is 0.846. The van der Waals surface area contributed by atoms with E-state index in [4.69, 9.17) is 27.5 Å². The molecule has 0 aliphatic rings. The van der Waals surface area contributed by atoms with Gasteiger partial charge in [-0.2, -0.15) is 0 Å². The summed E-state index contributed by atoms with van der Waals surface area (Å²) in [5, 5.41) is 6.93. The summed E-state index contributed by atoms with van der Waals surface area (Å²) in [5.74, 6) is 0.228. The molecule has 0 unspecified atom stereocenters. The molecular weight excluding hydrogens is 252 g/mol. The number of alkyl halides is 1. The van der Waals surface area contributed by atoms with Gasteiger partial charge in [-0.1, -0.05) is 38.5 Å². The van der Waals surface area contributed by atoms with Crippen LogP contribution in [0, 0.1) is 5.41 Å². The smallest absolute Gasteiger partial charge is 0.313 e. The van der Waals surface area contributed by atoms with Gasteiger partial charge in [0.05, 0.1) is 6.61 Å². The van der Waals surface area contributed by atoms with Crippen LogP contribution < -0.4 is 5.73 Å². The summed E-state index contributed by atoms with van der Waals surface area (Å²) in [6.45, 7) is 0.443. The van der Waals surface area contributed by atoms with Crippen LogP contribution in [0.1, 0.15) is 57.8 Å². The van der Waals surface area contributed by atoms with Gasteiger partial charge in [0.15, 0.2) is 0 Å². The number of carbonyl (C=O) groups is 1. The Kier molecular flexibility index (Phi) is 12.1. The third-order valence-corrected chi connectivity index (χ3v) is 2.89. The van der Waals surface area contributed by atoms with Gasteiger partial charge in [0, 0.05) is 5.88 Å². The maximum Gasteiger partial charge on any atom is 0.313 e. The minimum absolute atomic E-state index is 0.0967. The van der Waals surface area contributed by atoms with Gasteiger partial charge < -0.3 is 10.5 Å². The SMILES string of the molecule is N=C(N)CC(=O)OCCCCCCCCCCCl. The zero-order valence-electron chi connectivity index (χ0n) is 11.0. The van der Waals surface area contributed by atoms with E-state index in [0.29, 0.717) is 6.61 Å². The molecule has 0 aromatic carbocycles. The van der Waals surface area contributed by atoms with Gasteiger partial charge in [-0.05, 0) is 12.8 Å². The monoisotopic (exact) mass is 276 g/mol. The fourth-order valence-corrected chi connectivity index (χ4v) is 1.84. The summed E-state index contributed by atoms with van der Waals surface area (Å²) in [6, 6.07) is 0. The first-order valence-electron chi connectivity index (χ1n) is 6.71. The zero-order chi connectivity index (χ0) is 13.6. The number of unbranched alkanes of at least 4 members (excludes halogenated alkanes) is 7. The number of halogens is 1. The Labute approximate surface area is 115 Å². The highest BCUT2D eigenvalue weighted by Crippen LogP contribution is 2.09. The Morgan fingerprint density at radius 1 is 1.00 bits per heavy atom. The van der Waals surface area contributed by atoms with Gasteiger partial charge in [-0.3, -0.25) is 10.2 Å². The average Bonchev–Trinajstić information content (AvgIpc) is 2.30. The number of nitrogens with two attached hydrogens (primary N) is 1. The maximum absolute atomic E-state index is 11.0. The second-order valence-corrected chi connectivity index (χ2v) is 4.82. The van der Waals surface area contributed by atoms with E-state index in [1.54, 1.807) is 0 Å². The van der Waals surface area contributed by atoms with E-state index in [9.17, 15) is 4.79 Å². The number of hydrogen-bond acceptors (Lipinski definition) is 3. The van der Waals surface area contributed by atoms with Crippen molar-refractivity contribution in [1.29, 1.82) is 5.41 Å². The molecule has 0 saturated carbocycles. The molecule has 106 valence electrons. The molecule has 0 fully saturated rings. The van der Waals surface area contributed by atoms with Crippen LogP contribution in [0.4, 0.5) is 0 Å². The first kappa shape index (κ1) is 17.2. The van der Waals surface area contributed by atoms with Crippen molar-refractivity contribution >= 4 is 23.4 Å². The van der Waals surface area contributed by atoms with Gasteiger partial charge in [-0.15, -0.1) is 11.6 Å². The molecule has 0 saturated heterocycles. The van der Waals surface area contributed by atoms with Gasteiger partial charge >= 0.3 is 5.97 Å². The molecule has 18 heavy (non-hydrogen) atoms. The highest BCUT2D eigenvalue weighted by molar-refractivity contribution is 6.17. The number of nitrogens with one attached hydrogen (secondary N) is 1. The zero-order valence-corrected chi connectivity index (χ0v) is 11.8. The minimum atomic E-state index is -0.399. The Bertz CT molecular complexity index is 235. The molecule has 0 spiro atoms. The van der Waals surface area contributed by atoms with Crippen LogP contribution in [0.5, 0.6) is 0 Å². The van der Waals surface area contributed by atoms with E-state index in [1.807, 2.05) is 0 Å². The van der Waals surface area contributed by atoms with Crippen molar-refractivity contribution in [2.75, 3.05) is 12.5 Å². The summed E-state index contributed by atoms with van der Waals surface area (Å²) in [5.41, 5.74) is 5.09. The van der Waals surface area contributed by atoms with Crippen LogP contribution in [0.2, 0.25) is 0 Å². The number of rotatable bonds is 12. The molecule has 4 nitrogen and oxygen atoms in total. The third kappa shape index (κ3) is 13.3. The normalized spacial score (nSPS) is 10.3. The predicted octanol–water partition coefficient (Wildman–Crippen LogP) is 3.22. The molecule has 0 radical (unpaired) electrons. The van der Waals surface area contributed by atoms with E-state index in [-0.39, 0.29) is 12.3 Å². The van der Waals surface area contributed by atoms with Crippen molar-refractivity contribution in [3.63, 3.8) is 0 Å². The van der Waals surface area contributed by atoms with E-state index in [0.717, 1.165) is 25.1 Å². The highest BCUT2D eigenvalue weighted by atomic mass is 35.5. The number of esters is 1. The number of hydrogen-bond donors (Lipinski definition) is 2. The number of ether oxygens (including phenoxy) is 1. The Balaban J connectivity index is 3.11. The topological polar surface area (TPSA) is 76.2 Å². The van der Waals surface area contributed by atoms with Crippen molar-refractivity contribution < 1.29 is 9.53 Å². The molecule has 0 aliphatic carbocycles. The second kappa shape index (κ2) is 12.7. The molecule has 0 amide bonds. The van der Waals surface area contributed by atoms with Crippen molar-refractivity contribution in [2.45, 2.75) is 57.8 Å². The summed E-state index contributed by atoms with van der Waals surface area (Å²) >= 11 is 5.59. The molecule has 0 bridgehead atoms. The Hall–Kier alpha value is -0.770. The average molecular weight is 277 g/mol. The molecule has 5 heteroatoms. The predicted molar refractivity (Wildman–Crippen MR) is 75.1 cm³/mol. The van der Waals surface area contributed by atoms with Crippen LogP contribution in [-0.2, 0) is 9.53 Å². The lowest BCUT2D eigenvalue weighted by Crippen LogP contribution is -2.17. The van der Waals surface area contributed by atoms with Crippen molar-refractivity contribution in [3.8, 4) is 0 Å². The first-order chi connectivity index (χ1) is 8.66. The second-order valence-electron chi connectivity index (χ2n) is 4.44. The number of carbonyl (C=O) groups excluding carboxylic acids is 1. The lowest BCUT2D eigenvalue weighted by Gasteiger charge is -2.04. The number of amidine groups is 1. The summed E-state index contributed by atoms with van der Waals surface area (Å²) in [4.78, 5) is 11.0. The minimum Gasteiger partial charge on any atom is -0.465 e. The van der Waals surface area contributed by atoms with Crippen molar-refractivity contribution in [1.82, 2.24) is 0 Å². The lowest BCUT2D eigenvalue weighted by atomic mass is 10.1. The van der Waals surface area contributed by atoms with Gasteiger partial charge in [0.2, 0.25) is 0 Å². The molecule has 0 aromatic rings. The molecule has 0 rings (SSSR count). The lowest BCUT2D eigenvalue weighted by molar-refractivity contribution is -0.142. The molecule has 0 atom stereocenters. The Morgan fingerprint density at radius 2 is 1.50 bits per heavy atom. The summed E-state index contributed by atoms with van der Waals surface area (Å²) in [7, 11) is 0. The van der Waals surface area contributed by atoms with Crippen molar-refractivity contribution in [3.05, 3.63) is 0 Å². The van der Waals surface area contributed by atoms with E-state index in [2.05, 4.69) is 0 Å².